The van der Waals surface area contributed by atoms with E-state index in [1.807, 2.05) is 0 Å². The summed E-state index contributed by atoms with van der Waals surface area (Å²) in [6.45, 7) is 0. The van der Waals surface area contributed by atoms with Gasteiger partial charge in [0.15, 0.2) is 0 Å². The van der Waals surface area contributed by atoms with Gasteiger partial charge in [0.1, 0.15) is 6.33 Å². The maximum atomic E-state index is 10.1. The van der Waals surface area contributed by atoms with Gasteiger partial charge in [0.05, 0.1) is 0 Å². The largest absolute Gasteiger partial charge is 0.772 e. The number of hydrogen-bond donors (Lipinski definition) is 0. The van der Waals surface area contributed by atoms with Crippen LogP contribution in [0.15, 0.2) is 18.7 Å². The molecule has 1 unspecified atom stereocenters. The molecular formula is C5H5N2O2S-. The van der Waals surface area contributed by atoms with E-state index in [-0.39, 0.29) is 5.75 Å². The molecule has 0 radical (unpaired) electrons. The van der Waals surface area contributed by atoms with Crippen LogP contribution in [-0.4, -0.2) is 18.7 Å². The van der Waals surface area contributed by atoms with E-state index in [0.29, 0.717) is 5.56 Å². The van der Waals surface area contributed by atoms with Crippen LogP contribution < -0.4 is 0 Å². The van der Waals surface area contributed by atoms with Crippen molar-refractivity contribution in [2.75, 3.05) is 0 Å². The lowest BCUT2D eigenvalue weighted by Gasteiger charge is -2.01. The first-order valence-corrected chi connectivity index (χ1v) is 3.83. The Morgan fingerprint density at radius 3 is 2.60 bits per heavy atom. The molecule has 0 saturated heterocycles. The van der Waals surface area contributed by atoms with Gasteiger partial charge in [0.25, 0.3) is 0 Å². The van der Waals surface area contributed by atoms with Crippen LogP contribution in [0.1, 0.15) is 5.56 Å². The summed E-state index contributed by atoms with van der Waals surface area (Å²) in [6, 6.07) is 0. The number of rotatable bonds is 2. The predicted molar refractivity (Wildman–Crippen MR) is 34.7 cm³/mol. The quantitative estimate of drug-likeness (QED) is 0.560. The molecule has 1 heterocycles. The highest BCUT2D eigenvalue weighted by atomic mass is 32.2. The van der Waals surface area contributed by atoms with Crippen molar-refractivity contribution in [1.82, 2.24) is 9.97 Å². The van der Waals surface area contributed by atoms with Crippen LogP contribution in [0.5, 0.6) is 0 Å². The molecule has 0 aliphatic rings. The van der Waals surface area contributed by atoms with Crippen LogP contribution in [0.3, 0.4) is 0 Å². The summed E-state index contributed by atoms with van der Waals surface area (Å²) in [5.74, 6) is -0.0131. The lowest BCUT2D eigenvalue weighted by Crippen LogP contribution is -1.94. The molecule has 0 spiro atoms. The molecule has 0 aliphatic carbocycles. The number of hydrogen-bond acceptors (Lipinski definition) is 4. The highest BCUT2D eigenvalue weighted by Crippen LogP contribution is 1.95. The van der Waals surface area contributed by atoms with Crippen LogP contribution in [0.4, 0.5) is 0 Å². The summed E-state index contributed by atoms with van der Waals surface area (Å²) in [5.41, 5.74) is 0.607. The monoisotopic (exact) mass is 157 g/mol. The van der Waals surface area contributed by atoms with E-state index < -0.39 is 11.1 Å². The molecule has 0 aliphatic heterocycles. The molecule has 1 aromatic rings. The molecule has 1 rings (SSSR count). The maximum Gasteiger partial charge on any atom is 0.115 e. The number of aromatic nitrogens is 2. The van der Waals surface area contributed by atoms with Crippen LogP contribution >= 0.6 is 0 Å². The van der Waals surface area contributed by atoms with Gasteiger partial charge in [-0.2, -0.15) is 0 Å². The lowest BCUT2D eigenvalue weighted by atomic mass is 10.4. The molecule has 0 amide bonds. The van der Waals surface area contributed by atoms with Gasteiger partial charge in [-0.05, 0) is 0 Å². The highest BCUT2D eigenvalue weighted by molar-refractivity contribution is 7.78. The fraction of sp³-hybridized carbons (Fsp3) is 0.200. The van der Waals surface area contributed by atoms with Crippen molar-refractivity contribution in [3.05, 3.63) is 24.3 Å². The minimum atomic E-state index is -2.05. The summed E-state index contributed by atoms with van der Waals surface area (Å²) < 4.78 is 20.2. The molecule has 0 bridgehead atoms. The van der Waals surface area contributed by atoms with Crippen molar-refractivity contribution in [2.24, 2.45) is 0 Å². The first kappa shape index (κ1) is 7.30. The second kappa shape index (κ2) is 3.38. The third kappa shape index (κ3) is 2.20. The molecule has 1 aromatic heterocycles. The van der Waals surface area contributed by atoms with Crippen LogP contribution in [0.2, 0.25) is 0 Å². The summed E-state index contributed by atoms with van der Waals surface area (Å²) in [5, 5.41) is 0. The van der Waals surface area contributed by atoms with Gasteiger partial charge in [0, 0.05) is 23.7 Å². The smallest absolute Gasteiger partial charge is 0.115 e. The van der Waals surface area contributed by atoms with Crippen LogP contribution in [-0.2, 0) is 16.8 Å². The van der Waals surface area contributed by atoms with Crippen LogP contribution in [0.25, 0.3) is 0 Å². The zero-order valence-corrected chi connectivity index (χ0v) is 5.87. The highest BCUT2D eigenvalue weighted by Gasteiger charge is 1.89. The second-order valence-corrected chi connectivity index (χ2v) is 2.59. The minimum Gasteiger partial charge on any atom is -0.772 e. The first-order chi connectivity index (χ1) is 4.79. The van der Waals surface area contributed by atoms with E-state index in [1.165, 1.54) is 18.7 Å². The minimum absolute atomic E-state index is 0.0131. The third-order valence-electron chi connectivity index (χ3n) is 0.899. The van der Waals surface area contributed by atoms with Crippen molar-refractivity contribution in [3.63, 3.8) is 0 Å². The Hall–Kier alpha value is -0.810. The SMILES string of the molecule is O=S([O-])Cc1cncnc1. The first-order valence-electron chi connectivity index (χ1n) is 2.59. The maximum absolute atomic E-state index is 10.1. The Kier molecular flexibility index (Phi) is 2.47. The van der Waals surface area contributed by atoms with Gasteiger partial charge in [-0.25, -0.2) is 9.97 Å². The zero-order valence-electron chi connectivity index (χ0n) is 5.06. The molecule has 0 saturated carbocycles. The second-order valence-electron chi connectivity index (χ2n) is 1.69. The average Bonchev–Trinajstić information content (AvgIpc) is 1.88. The predicted octanol–water partition coefficient (Wildman–Crippen LogP) is -0.144. The van der Waals surface area contributed by atoms with Gasteiger partial charge in [0.2, 0.25) is 0 Å². The summed E-state index contributed by atoms with van der Waals surface area (Å²) in [4.78, 5) is 7.31. The standard InChI is InChI=1S/C5H6N2O2S/c8-10(9)3-5-1-6-4-7-2-5/h1-2,4H,3H2,(H,8,9)/p-1. The molecule has 0 fully saturated rings. The van der Waals surface area contributed by atoms with Crippen LogP contribution in [0, 0.1) is 0 Å². The zero-order chi connectivity index (χ0) is 7.40. The van der Waals surface area contributed by atoms with Crippen molar-refractivity contribution in [2.45, 2.75) is 5.75 Å². The van der Waals surface area contributed by atoms with E-state index in [1.54, 1.807) is 0 Å². The summed E-state index contributed by atoms with van der Waals surface area (Å²) in [6.07, 6.45) is 4.31. The lowest BCUT2D eigenvalue weighted by molar-refractivity contribution is 0.536. The van der Waals surface area contributed by atoms with Gasteiger partial charge < -0.3 is 4.55 Å². The fourth-order valence-electron chi connectivity index (χ4n) is 0.541. The molecule has 5 heteroatoms. The van der Waals surface area contributed by atoms with E-state index in [9.17, 15) is 8.76 Å². The van der Waals surface area contributed by atoms with Crippen molar-refractivity contribution >= 4 is 11.1 Å². The Labute approximate surface area is 60.6 Å². The molecule has 10 heavy (non-hydrogen) atoms. The Morgan fingerprint density at radius 1 is 1.50 bits per heavy atom. The Bertz CT molecular complexity index is 226. The average molecular weight is 157 g/mol. The van der Waals surface area contributed by atoms with Gasteiger partial charge >= 0.3 is 0 Å². The third-order valence-corrected chi connectivity index (χ3v) is 1.47. The van der Waals surface area contributed by atoms with Crippen molar-refractivity contribution in [3.8, 4) is 0 Å². The number of nitrogens with zero attached hydrogens (tertiary/aromatic N) is 2. The fourth-order valence-corrected chi connectivity index (χ4v) is 0.962. The van der Waals surface area contributed by atoms with E-state index in [0.717, 1.165) is 0 Å². The van der Waals surface area contributed by atoms with Gasteiger partial charge in [-0.1, -0.05) is 11.1 Å². The molecule has 0 N–H and O–H groups in total. The van der Waals surface area contributed by atoms with E-state index >= 15 is 0 Å². The molecule has 54 valence electrons. The van der Waals surface area contributed by atoms with Crippen molar-refractivity contribution < 1.29 is 8.76 Å². The van der Waals surface area contributed by atoms with Gasteiger partial charge in [-0.15, -0.1) is 0 Å². The van der Waals surface area contributed by atoms with Crippen molar-refractivity contribution in [1.29, 1.82) is 0 Å². The topological polar surface area (TPSA) is 65.9 Å². The summed E-state index contributed by atoms with van der Waals surface area (Å²) >= 11 is -2.05. The van der Waals surface area contributed by atoms with E-state index in [2.05, 4.69) is 9.97 Å². The Morgan fingerprint density at radius 2 is 2.10 bits per heavy atom. The molecular weight excluding hydrogens is 152 g/mol. The Balaban J connectivity index is 2.67. The molecule has 4 nitrogen and oxygen atoms in total. The van der Waals surface area contributed by atoms with Gasteiger partial charge in [-0.3, -0.25) is 4.21 Å². The normalized spacial score (nSPS) is 12.9. The summed E-state index contributed by atoms with van der Waals surface area (Å²) in [7, 11) is 0. The molecule has 1 atom stereocenters. The van der Waals surface area contributed by atoms with E-state index in [4.69, 9.17) is 0 Å². The molecule has 0 aromatic carbocycles.